The molecule has 0 radical (unpaired) electrons. The minimum absolute atomic E-state index is 0.152. The summed E-state index contributed by atoms with van der Waals surface area (Å²) in [5.41, 5.74) is -0.752. The summed E-state index contributed by atoms with van der Waals surface area (Å²) in [6.07, 6.45) is 0. The van der Waals surface area contributed by atoms with Crippen molar-refractivity contribution in [2.75, 3.05) is 26.9 Å². The lowest BCUT2D eigenvalue weighted by atomic mass is 9.95. The molecule has 0 aromatic carbocycles. The first-order chi connectivity index (χ1) is 7.19. The summed E-state index contributed by atoms with van der Waals surface area (Å²) < 4.78 is 15.6. The second-order valence-corrected chi connectivity index (χ2v) is 5.39. The van der Waals surface area contributed by atoms with Crippen LogP contribution in [0.4, 0.5) is 0 Å². The van der Waals surface area contributed by atoms with Gasteiger partial charge in [-0.1, -0.05) is 0 Å². The first kappa shape index (κ1) is 15.4. The van der Waals surface area contributed by atoms with E-state index in [4.69, 9.17) is 9.47 Å². The van der Waals surface area contributed by atoms with Gasteiger partial charge < -0.3 is 14.2 Å². The van der Waals surface area contributed by atoms with Gasteiger partial charge in [0.2, 0.25) is 0 Å². The van der Waals surface area contributed by atoms with E-state index in [1.54, 1.807) is 13.8 Å². The number of esters is 1. The Bertz CT molecular complexity index is 216. The minimum atomic E-state index is -0.601. The Labute approximate surface area is 98.3 Å². The fourth-order valence-corrected chi connectivity index (χ4v) is 1.07. The molecule has 4 nitrogen and oxygen atoms in total. The molecular formula is C12H24O4. The highest BCUT2D eigenvalue weighted by atomic mass is 16.5. The van der Waals surface area contributed by atoms with Crippen LogP contribution in [0.2, 0.25) is 0 Å². The van der Waals surface area contributed by atoms with Crippen molar-refractivity contribution in [3.8, 4) is 0 Å². The van der Waals surface area contributed by atoms with Gasteiger partial charge >= 0.3 is 5.97 Å². The predicted molar refractivity (Wildman–Crippen MR) is 62.3 cm³/mol. The highest BCUT2D eigenvalue weighted by Crippen LogP contribution is 2.17. The molecule has 0 bridgehead atoms. The van der Waals surface area contributed by atoms with Crippen LogP contribution < -0.4 is 0 Å². The SMILES string of the molecule is COC(=O)C(C)(C)COCCOC(C)(C)C. The molecule has 0 amide bonds. The number of carbonyl (C=O) groups excluding carboxylic acids is 1. The molecule has 0 aliphatic rings. The molecule has 96 valence electrons. The predicted octanol–water partition coefficient (Wildman–Crippen LogP) is 2.02. The van der Waals surface area contributed by atoms with Gasteiger partial charge in [0, 0.05) is 0 Å². The molecule has 0 aliphatic heterocycles. The summed E-state index contributed by atoms with van der Waals surface area (Å²) in [5, 5.41) is 0. The van der Waals surface area contributed by atoms with Crippen LogP contribution in [0.3, 0.4) is 0 Å². The van der Waals surface area contributed by atoms with Crippen molar-refractivity contribution >= 4 is 5.97 Å². The molecule has 0 spiro atoms. The van der Waals surface area contributed by atoms with Crippen LogP contribution in [0.25, 0.3) is 0 Å². The molecule has 0 aromatic rings. The van der Waals surface area contributed by atoms with Crippen LogP contribution in [0.5, 0.6) is 0 Å². The summed E-state index contributed by atoms with van der Waals surface area (Å²) in [6, 6.07) is 0. The Morgan fingerprint density at radius 3 is 2.06 bits per heavy atom. The zero-order valence-electron chi connectivity index (χ0n) is 11.3. The van der Waals surface area contributed by atoms with Crippen molar-refractivity contribution < 1.29 is 19.0 Å². The lowest BCUT2D eigenvalue weighted by molar-refractivity contribution is -0.154. The van der Waals surface area contributed by atoms with E-state index >= 15 is 0 Å². The van der Waals surface area contributed by atoms with Crippen LogP contribution >= 0.6 is 0 Å². The smallest absolute Gasteiger partial charge is 0.313 e. The van der Waals surface area contributed by atoms with E-state index in [0.717, 1.165) is 0 Å². The van der Waals surface area contributed by atoms with Gasteiger partial charge in [-0.05, 0) is 34.6 Å². The van der Waals surface area contributed by atoms with Gasteiger partial charge in [0.1, 0.15) is 0 Å². The summed E-state index contributed by atoms with van der Waals surface area (Å²) in [6.45, 7) is 10.9. The number of rotatable bonds is 6. The third-order valence-electron chi connectivity index (χ3n) is 1.96. The maximum atomic E-state index is 11.3. The van der Waals surface area contributed by atoms with E-state index in [1.165, 1.54) is 7.11 Å². The van der Waals surface area contributed by atoms with Crippen molar-refractivity contribution in [2.45, 2.75) is 40.2 Å². The molecule has 0 saturated heterocycles. The van der Waals surface area contributed by atoms with Crippen LogP contribution in [0, 0.1) is 5.41 Å². The standard InChI is InChI=1S/C12H24O4/c1-11(2,3)16-8-7-15-9-12(4,5)10(13)14-6/h7-9H2,1-6H3. The second kappa shape index (κ2) is 6.21. The summed E-state index contributed by atoms with van der Waals surface area (Å²) in [7, 11) is 1.38. The fourth-order valence-electron chi connectivity index (χ4n) is 1.07. The molecule has 0 atom stereocenters. The minimum Gasteiger partial charge on any atom is -0.469 e. The summed E-state index contributed by atoms with van der Waals surface area (Å²) in [4.78, 5) is 11.3. The fraction of sp³-hybridized carbons (Fsp3) is 0.917. The monoisotopic (exact) mass is 232 g/mol. The number of carbonyl (C=O) groups is 1. The second-order valence-electron chi connectivity index (χ2n) is 5.39. The maximum absolute atomic E-state index is 11.3. The zero-order chi connectivity index (χ0) is 12.8. The molecule has 0 aliphatic carbocycles. The highest BCUT2D eigenvalue weighted by Gasteiger charge is 2.28. The quantitative estimate of drug-likeness (QED) is 0.519. The first-order valence-corrected chi connectivity index (χ1v) is 5.49. The Hall–Kier alpha value is -0.610. The van der Waals surface area contributed by atoms with Gasteiger partial charge in [-0.2, -0.15) is 0 Å². The molecule has 0 rings (SSSR count). The van der Waals surface area contributed by atoms with Gasteiger partial charge in [0.05, 0.1) is 37.9 Å². The summed E-state index contributed by atoms with van der Waals surface area (Å²) >= 11 is 0. The molecule has 4 heteroatoms. The third kappa shape index (κ3) is 6.80. The van der Waals surface area contributed by atoms with E-state index in [2.05, 4.69) is 4.74 Å². The van der Waals surface area contributed by atoms with E-state index in [0.29, 0.717) is 19.8 Å². The van der Waals surface area contributed by atoms with Crippen molar-refractivity contribution in [1.82, 2.24) is 0 Å². The van der Waals surface area contributed by atoms with E-state index in [-0.39, 0.29) is 11.6 Å². The topological polar surface area (TPSA) is 44.8 Å². The molecular weight excluding hydrogens is 208 g/mol. The lowest BCUT2D eigenvalue weighted by Crippen LogP contribution is -2.31. The van der Waals surface area contributed by atoms with Crippen LogP contribution in [-0.2, 0) is 19.0 Å². The van der Waals surface area contributed by atoms with Crippen molar-refractivity contribution in [3.63, 3.8) is 0 Å². The van der Waals surface area contributed by atoms with Crippen molar-refractivity contribution in [2.24, 2.45) is 5.41 Å². The molecule has 0 fully saturated rings. The molecule has 0 heterocycles. The Morgan fingerprint density at radius 2 is 1.62 bits per heavy atom. The zero-order valence-corrected chi connectivity index (χ0v) is 11.3. The molecule has 0 N–H and O–H groups in total. The van der Waals surface area contributed by atoms with Gasteiger partial charge in [-0.25, -0.2) is 0 Å². The van der Waals surface area contributed by atoms with Gasteiger partial charge in [-0.15, -0.1) is 0 Å². The van der Waals surface area contributed by atoms with Crippen molar-refractivity contribution in [1.29, 1.82) is 0 Å². The van der Waals surface area contributed by atoms with Crippen LogP contribution in [-0.4, -0.2) is 38.5 Å². The number of hydrogen-bond donors (Lipinski definition) is 0. The Kier molecular flexibility index (Phi) is 5.97. The number of methoxy groups -OCH3 is 1. The van der Waals surface area contributed by atoms with Gasteiger partial charge in [0.15, 0.2) is 0 Å². The molecule has 0 saturated carbocycles. The largest absolute Gasteiger partial charge is 0.469 e. The van der Waals surface area contributed by atoms with Crippen LogP contribution in [0.1, 0.15) is 34.6 Å². The lowest BCUT2D eigenvalue weighted by Gasteiger charge is -2.22. The van der Waals surface area contributed by atoms with E-state index in [1.807, 2.05) is 20.8 Å². The maximum Gasteiger partial charge on any atom is 0.313 e. The highest BCUT2D eigenvalue weighted by molar-refractivity contribution is 5.75. The van der Waals surface area contributed by atoms with Crippen LogP contribution in [0.15, 0.2) is 0 Å². The Balaban J connectivity index is 3.70. The van der Waals surface area contributed by atoms with Crippen molar-refractivity contribution in [3.05, 3.63) is 0 Å². The third-order valence-corrected chi connectivity index (χ3v) is 1.96. The molecule has 0 aromatic heterocycles. The Morgan fingerprint density at radius 1 is 1.06 bits per heavy atom. The van der Waals surface area contributed by atoms with Gasteiger partial charge in [-0.3, -0.25) is 4.79 Å². The van der Waals surface area contributed by atoms with Gasteiger partial charge in [0.25, 0.3) is 0 Å². The normalized spacial score (nSPS) is 12.6. The molecule has 0 unspecified atom stereocenters. The van der Waals surface area contributed by atoms with E-state index < -0.39 is 5.41 Å². The number of hydrogen-bond acceptors (Lipinski definition) is 4. The average Bonchev–Trinajstić information content (AvgIpc) is 2.14. The number of ether oxygens (including phenoxy) is 3. The summed E-state index contributed by atoms with van der Waals surface area (Å²) in [5.74, 6) is -0.260. The average molecular weight is 232 g/mol. The van der Waals surface area contributed by atoms with E-state index in [9.17, 15) is 4.79 Å². The first-order valence-electron chi connectivity index (χ1n) is 5.49. The molecule has 16 heavy (non-hydrogen) atoms.